The Hall–Kier alpha value is -1.39. The van der Waals surface area contributed by atoms with Crippen LogP contribution in [0.15, 0.2) is 0 Å². The summed E-state index contributed by atoms with van der Waals surface area (Å²) in [6.45, 7) is 10.2. The summed E-state index contributed by atoms with van der Waals surface area (Å²) in [7, 11) is 0. The van der Waals surface area contributed by atoms with Crippen molar-refractivity contribution < 1.29 is 9.53 Å². The summed E-state index contributed by atoms with van der Waals surface area (Å²) in [5.74, 6) is -0.199. The van der Waals surface area contributed by atoms with Crippen LogP contribution in [0.3, 0.4) is 0 Å². The number of hydrogen-bond acceptors (Lipinski definition) is 4. The molecule has 1 aromatic heterocycles. The Labute approximate surface area is 95.8 Å². The van der Waals surface area contributed by atoms with E-state index >= 15 is 0 Å². The van der Waals surface area contributed by atoms with Gasteiger partial charge in [0, 0.05) is 6.04 Å². The molecule has 0 aromatic carbocycles. The molecule has 0 N–H and O–H groups in total. The van der Waals surface area contributed by atoms with Crippen LogP contribution in [0, 0.1) is 0 Å². The Morgan fingerprint density at radius 1 is 1.38 bits per heavy atom. The Morgan fingerprint density at radius 2 is 2.00 bits per heavy atom. The van der Waals surface area contributed by atoms with Gasteiger partial charge in [-0.15, -0.1) is 5.10 Å². The molecule has 1 rings (SSSR count). The van der Waals surface area contributed by atoms with Gasteiger partial charge in [0.15, 0.2) is 5.69 Å². The second-order valence-corrected chi connectivity index (χ2v) is 4.24. The van der Waals surface area contributed by atoms with E-state index in [1.54, 1.807) is 11.6 Å². The monoisotopic (exact) mass is 225 g/mol. The third kappa shape index (κ3) is 2.40. The van der Waals surface area contributed by atoms with Crippen molar-refractivity contribution in [2.45, 2.75) is 46.6 Å². The lowest BCUT2D eigenvalue weighted by atomic mass is 10.1. The molecule has 0 unspecified atom stereocenters. The van der Waals surface area contributed by atoms with Gasteiger partial charge in [-0.2, -0.15) is 0 Å². The highest BCUT2D eigenvalue weighted by atomic mass is 16.5. The van der Waals surface area contributed by atoms with Crippen molar-refractivity contribution in [1.82, 2.24) is 15.0 Å². The van der Waals surface area contributed by atoms with Crippen LogP contribution in [-0.4, -0.2) is 27.6 Å². The lowest BCUT2D eigenvalue weighted by Crippen LogP contribution is -2.13. The second-order valence-electron chi connectivity index (χ2n) is 4.24. The van der Waals surface area contributed by atoms with Crippen molar-refractivity contribution in [2.24, 2.45) is 0 Å². The maximum Gasteiger partial charge on any atom is 0.360 e. The highest BCUT2D eigenvalue weighted by Gasteiger charge is 2.23. The predicted molar refractivity (Wildman–Crippen MR) is 60.5 cm³/mol. The van der Waals surface area contributed by atoms with Crippen LogP contribution in [0.2, 0.25) is 0 Å². The summed E-state index contributed by atoms with van der Waals surface area (Å²) in [5.41, 5.74) is 1.18. The first-order valence-corrected chi connectivity index (χ1v) is 5.61. The predicted octanol–water partition coefficient (Wildman–Crippen LogP) is 2.16. The van der Waals surface area contributed by atoms with Crippen LogP contribution in [-0.2, 0) is 4.74 Å². The molecule has 0 bridgehead atoms. The standard InChI is InChI=1S/C11H19N3O2/c1-6-16-11(15)9-10(7(2)3)14(8(4)5)13-12-9/h7-8H,6H2,1-5H3. The molecule has 1 aromatic rings. The minimum absolute atomic E-state index is 0.188. The van der Waals surface area contributed by atoms with Crippen LogP contribution in [0.1, 0.15) is 62.8 Å². The Kier molecular flexibility index (Phi) is 4.04. The number of hydrogen-bond donors (Lipinski definition) is 0. The molecule has 5 heteroatoms. The van der Waals surface area contributed by atoms with Crippen molar-refractivity contribution in [3.05, 3.63) is 11.4 Å². The van der Waals surface area contributed by atoms with Gasteiger partial charge in [0.25, 0.3) is 0 Å². The van der Waals surface area contributed by atoms with Crippen LogP contribution in [0.25, 0.3) is 0 Å². The summed E-state index contributed by atoms with van der Waals surface area (Å²) in [6.07, 6.45) is 0. The maximum absolute atomic E-state index is 11.7. The lowest BCUT2D eigenvalue weighted by Gasteiger charge is -2.13. The van der Waals surface area contributed by atoms with Gasteiger partial charge in [0.05, 0.1) is 12.3 Å². The van der Waals surface area contributed by atoms with E-state index in [0.717, 1.165) is 5.69 Å². The van der Waals surface area contributed by atoms with Gasteiger partial charge in [0.1, 0.15) is 0 Å². The van der Waals surface area contributed by atoms with Crippen LogP contribution in [0.5, 0.6) is 0 Å². The van der Waals surface area contributed by atoms with E-state index in [2.05, 4.69) is 10.3 Å². The van der Waals surface area contributed by atoms with Gasteiger partial charge in [0.2, 0.25) is 0 Å². The van der Waals surface area contributed by atoms with Crippen molar-refractivity contribution in [1.29, 1.82) is 0 Å². The fraction of sp³-hybridized carbons (Fsp3) is 0.727. The number of ether oxygens (including phenoxy) is 1. The van der Waals surface area contributed by atoms with Crippen molar-refractivity contribution >= 4 is 5.97 Å². The summed E-state index contributed by atoms with van der Waals surface area (Å²) in [6, 6.07) is 0.188. The molecule has 0 spiro atoms. The number of carbonyl (C=O) groups is 1. The highest BCUT2D eigenvalue weighted by Crippen LogP contribution is 2.21. The Bertz CT molecular complexity index is 369. The highest BCUT2D eigenvalue weighted by molar-refractivity contribution is 5.88. The molecule has 1 heterocycles. The van der Waals surface area contributed by atoms with Gasteiger partial charge in [-0.3, -0.25) is 0 Å². The third-order valence-electron chi connectivity index (χ3n) is 2.24. The molecule has 90 valence electrons. The van der Waals surface area contributed by atoms with E-state index in [9.17, 15) is 4.79 Å². The van der Waals surface area contributed by atoms with Crippen molar-refractivity contribution in [3.8, 4) is 0 Å². The second kappa shape index (κ2) is 5.09. The van der Waals surface area contributed by atoms with Gasteiger partial charge < -0.3 is 4.74 Å². The minimum atomic E-state index is -0.391. The lowest BCUT2D eigenvalue weighted by molar-refractivity contribution is 0.0517. The SMILES string of the molecule is CCOC(=O)c1nnn(C(C)C)c1C(C)C. The summed E-state index contributed by atoms with van der Waals surface area (Å²) < 4.78 is 6.73. The van der Waals surface area contributed by atoms with E-state index in [1.807, 2.05) is 27.7 Å². The molecule has 0 aliphatic carbocycles. The molecule has 0 atom stereocenters. The first kappa shape index (κ1) is 12.7. The number of aromatic nitrogens is 3. The molecule has 0 fully saturated rings. The van der Waals surface area contributed by atoms with Crippen LogP contribution < -0.4 is 0 Å². The average molecular weight is 225 g/mol. The molecular weight excluding hydrogens is 206 g/mol. The van der Waals surface area contributed by atoms with Crippen LogP contribution in [0.4, 0.5) is 0 Å². The fourth-order valence-corrected chi connectivity index (χ4v) is 1.57. The Balaban J connectivity index is 3.15. The molecule has 0 aliphatic rings. The molecule has 0 saturated carbocycles. The smallest absolute Gasteiger partial charge is 0.360 e. The molecule has 0 radical (unpaired) electrons. The van der Waals surface area contributed by atoms with E-state index in [4.69, 9.17) is 4.74 Å². The normalized spacial score (nSPS) is 11.2. The van der Waals surface area contributed by atoms with E-state index in [0.29, 0.717) is 12.3 Å². The van der Waals surface area contributed by atoms with E-state index in [1.165, 1.54) is 0 Å². The quantitative estimate of drug-likeness (QED) is 0.737. The average Bonchev–Trinajstić information content (AvgIpc) is 2.61. The van der Waals surface area contributed by atoms with E-state index in [-0.39, 0.29) is 12.0 Å². The van der Waals surface area contributed by atoms with Gasteiger partial charge in [-0.25, -0.2) is 9.48 Å². The molecule has 0 aliphatic heterocycles. The molecule has 0 amide bonds. The fourth-order valence-electron chi connectivity index (χ4n) is 1.57. The first-order chi connectivity index (χ1) is 7.49. The molecular formula is C11H19N3O2. The number of rotatable bonds is 4. The third-order valence-corrected chi connectivity index (χ3v) is 2.24. The first-order valence-electron chi connectivity index (χ1n) is 5.61. The molecule has 5 nitrogen and oxygen atoms in total. The number of nitrogens with zero attached hydrogens (tertiary/aromatic N) is 3. The van der Waals surface area contributed by atoms with Gasteiger partial charge in [-0.1, -0.05) is 19.1 Å². The van der Waals surface area contributed by atoms with Crippen molar-refractivity contribution in [2.75, 3.05) is 6.61 Å². The largest absolute Gasteiger partial charge is 0.461 e. The Morgan fingerprint density at radius 3 is 2.44 bits per heavy atom. The van der Waals surface area contributed by atoms with Crippen molar-refractivity contribution in [3.63, 3.8) is 0 Å². The summed E-state index contributed by atoms with van der Waals surface area (Å²) in [5, 5.41) is 7.92. The van der Waals surface area contributed by atoms with Crippen LogP contribution >= 0.6 is 0 Å². The minimum Gasteiger partial charge on any atom is -0.461 e. The number of esters is 1. The number of carbonyl (C=O) groups excluding carboxylic acids is 1. The summed E-state index contributed by atoms with van der Waals surface area (Å²) in [4.78, 5) is 11.7. The van der Waals surface area contributed by atoms with Gasteiger partial charge in [-0.05, 0) is 26.7 Å². The van der Waals surface area contributed by atoms with E-state index < -0.39 is 5.97 Å². The summed E-state index contributed by atoms with van der Waals surface area (Å²) >= 11 is 0. The molecule has 16 heavy (non-hydrogen) atoms. The zero-order valence-corrected chi connectivity index (χ0v) is 10.5. The maximum atomic E-state index is 11.7. The molecule has 0 saturated heterocycles. The zero-order valence-electron chi connectivity index (χ0n) is 10.5. The topological polar surface area (TPSA) is 57.0 Å². The zero-order chi connectivity index (χ0) is 12.3. The van der Waals surface area contributed by atoms with Gasteiger partial charge >= 0.3 is 5.97 Å².